The van der Waals surface area contributed by atoms with Crippen LogP contribution in [0.5, 0.6) is 0 Å². The molecular formula is C16H21N7O2S. The van der Waals surface area contributed by atoms with Gasteiger partial charge in [0, 0.05) is 12.7 Å². The standard InChI is InChI=1S/C16H21N7O2S/c1-2-21-10-22(26(24,25)9-11-3-4-11)8-13(21)16-20-19-14-7-18-15-12(23(14)16)5-6-17-15/h5-7,11,13,17H,2-4,8-10H2,1H3/t13-/m0/s1. The van der Waals surface area contributed by atoms with Crippen molar-refractivity contribution in [2.45, 2.75) is 25.8 Å². The highest BCUT2D eigenvalue weighted by molar-refractivity contribution is 7.89. The first kappa shape index (κ1) is 16.2. The predicted octanol–water partition coefficient (Wildman–Crippen LogP) is 0.981. The molecule has 1 aliphatic carbocycles. The number of hydrogen-bond donors (Lipinski definition) is 1. The maximum Gasteiger partial charge on any atom is 0.215 e. The fraction of sp³-hybridized carbons (Fsp3) is 0.562. The van der Waals surface area contributed by atoms with Crippen LogP contribution in [0.3, 0.4) is 0 Å². The summed E-state index contributed by atoms with van der Waals surface area (Å²) in [4.78, 5) is 9.58. The Hall–Kier alpha value is -2.04. The summed E-state index contributed by atoms with van der Waals surface area (Å²) in [5, 5.41) is 8.64. The minimum atomic E-state index is -3.23. The molecule has 3 aromatic rings. The van der Waals surface area contributed by atoms with E-state index in [-0.39, 0.29) is 11.8 Å². The van der Waals surface area contributed by atoms with Gasteiger partial charge in [-0.2, -0.15) is 4.31 Å². The lowest BCUT2D eigenvalue weighted by Gasteiger charge is -2.19. The van der Waals surface area contributed by atoms with Crippen molar-refractivity contribution < 1.29 is 8.42 Å². The van der Waals surface area contributed by atoms with E-state index in [1.54, 1.807) is 10.5 Å². The Morgan fingerprint density at radius 3 is 2.92 bits per heavy atom. The molecule has 9 nitrogen and oxygen atoms in total. The molecule has 10 heteroatoms. The maximum absolute atomic E-state index is 12.7. The number of rotatable bonds is 5. The van der Waals surface area contributed by atoms with Crippen LogP contribution in [0.1, 0.15) is 31.6 Å². The van der Waals surface area contributed by atoms with Crippen LogP contribution in [0.15, 0.2) is 18.5 Å². The highest BCUT2D eigenvalue weighted by atomic mass is 32.2. The first-order valence-corrected chi connectivity index (χ1v) is 10.6. The lowest BCUT2D eigenvalue weighted by atomic mass is 10.2. The number of sulfonamides is 1. The van der Waals surface area contributed by atoms with Crippen LogP contribution in [0.2, 0.25) is 0 Å². The second-order valence-electron chi connectivity index (χ2n) is 7.14. The zero-order chi connectivity index (χ0) is 17.9. The Morgan fingerprint density at radius 1 is 1.31 bits per heavy atom. The zero-order valence-corrected chi connectivity index (χ0v) is 15.4. The molecule has 0 radical (unpaired) electrons. The third-order valence-corrected chi connectivity index (χ3v) is 7.31. The van der Waals surface area contributed by atoms with Crippen molar-refractivity contribution in [1.82, 2.24) is 33.8 Å². The van der Waals surface area contributed by atoms with Gasteiger partial charge in [0.15, 0.2) is 17.1 Å². The highest BCUT2D eigenvalue weighted by Gasteiger charge is 2.41. The molecule has 2 fully saturated rings. The summed E-state index contributed by atoms with van der Waals surface area (Å²) >= 11 is 0. The van der Waals surface area contributed by atoms with E-state index in [4.69, 9.17) is 0 Å². The molecular weight excluding hydrogens is 354 g/mol. The van der Waals surface area contributed by atoms with Crippen LogP contribution in [0, 0.1) is 5.92 Å². The summed E-state index contributed by atoms with van der Waals surface area (Å²) < 4.78 is 29.1. The Kier molecular flexibility index (Phi) is 3.56. The lowest BCUT2D eigenvalue weighted by Crippen LogP contribution is -2.33. The van der Waals surface area contributed by atoms with Crippen LogP contribution in [0.4, 0.5) is 0 Å². The quantitative estimate of drug-likeness (QED) is 0.714. The molecule has 1 aliphatic heterocycles. The normalized spacial score (nSPS) is 22.7. The van der Waals surface area contributed by atoms with E-state index in [1.807, 2.05) is 23.6 Å². The topological polar surface area (TPSA) is 99.5 Å². The maximum atomic E-state index is 12.7. The van der Waals surface area contributed by atoms with Crippen molar-refractivity contribution in [2.75, 3.05) is 25.5 Å². The van der Waals surface area contributed by atoms with Gasteiger partial charge in [-0.05, 0) is 31.4 Å². The van der Waals surface area contributed by atoms with Crippen molar-refractivity contribution in [3.05, 3.63) is 24.3 Å². The predicted molar refractivity (Wildman–Crippen MR) is 95.8 cm³/mol. The van der Waals surface area contributed by atoms with Crippen LogP contribution in [-0.2, 0) is 10.0 Å². The van der Waals surface area contributed by atoms with Gasteiger partial charge >= 0.3 is 0 Å². The molecule has 0 aromatic carbocycles. The van der Waals surface area contributed by atoms with Crippen LogP contribution >= 0.6 is 0 Å². The number of aromatic amines is 1. The van der Waals surface area contributed by atoms with Gasteiger partial charge in [0.1, 0.15) is 0 Å². The third-order valence-electron chi connectivity index (χ3n) is 5.36. The molecule has 3 aromatic heterocycles. The molecule has 0 amide bonds. The first-order valence-electron chi connectivity index (χ1n) is 8.96. The van der Waals surface area contributed by atoms with Gasteiger partial charge in [0.05, 0.1) is 30.2 Å². The minimum Gasteiger partial charge on any atom is -0.345 e. The number of aromatic nitrogens is 5. The van der Waals surface area contributed by atoms with Gasteiger partial charge in [0.2, 0.25) is 10.0 Å². The third kappa shape index (κ3) is 2.51. The molecule has 2 aliphatic rings. The summed E-state index contributed by atoms with van der Waals surface area (Å²) in [7, 11) is -3.23. The van der Waals surface area contributed by atoms with E-state index in [0.29, 0.717) is 24.8 Å². The van der Waals surface area contributed by atoms with E-state index in [9.17, 15) is 8.42 Å². The molecule has 1 saturated heterocycles. The molecule has 4 heterocycles. The lowest BCUT2D eigenvalue weighted by molar-refractivity contribution is 0.255. The second-order valence-corrected chi connectivity index (χ2v) is 9.15. The number of nitrogens with one attached hydrogen (secondary N) is 1. The van der Waals surface area contributed by atoms with Crippen molar-refractivity contribution in [2.24, 2.45) is 5.92 Å². The average Bonchev–Trinajstić information content (AvgIpc) is 3.07. The number of H-pyrrole nitrogens is 1. The van der Waals surface area contributed by atoms with E-state index >= 15 is 0 Å². The van der Waals surface area contributed by atoms with Gasteiger partial charge in [-0.15, -0.1) is 10.2 Å². The molecule has 0 unspecified atom stereocenters. The zero-order valence-electron chi connectivity index (χ0n) is 14.5. The minimum absolute atomic E-state index is 0.121. The number of likely N-dealkylation sites (N-methyl/N-ethyl adjacent to an activating group) is 1. The molecule has 0 bridgehead atoms. The van der Waals surface area contributed by atoms with Crippen molar-refractivity contribution >= 4 is 26.8 Å². The molecule has 138 valence electrons. The van der Waals surface area contributed by atoms with Crippen LogP contribution < -0.4 is 0 Å². The second kappa shape index (κ2) is 5.73. The van der Waals surface area contributed by atoms with Crippen molar-refractivity contribution in [3.63, 3.8) is 0 Å². The van der Waals surface area contributed by atoms with Gasteiger partial charge in [-0.25, -0.2) is 13.4 Å². The summed E-state index contributed by atoms with van der Waals surface area (Å²) in [6, 6.07) is 1.82. The first-order chi connectivity index (χ1) is 12.6. The summed E-state index contributed by atoms with van der Waals surface area (Å²) in [6.45, 7) is 3.61. The van der Waals surface area contributed by atoms with E-state index in [1.165, 1.54) is 0 Å². The Morgan fingerprint density at radius 2 is 2.15 bits per heavy atom. The fourth-order valence-electron chi connectivity index (χ4n) is 3.74. The number of hydrogen-bond acceptors (Lipinski definition) is 6. The smallest absolute Gasteiger partial charge is 0.215 e. The van der Waals surface area contributed by atoms with Gasteiger partial charge in [-0.1, -0.05) is 6.92 Å². The fourth-order valence-corrected chi connectivity index (χ4v) is 5.57. The summed E-state index contributed by atoms with van der Waals surface area (Å²) in [6.07, 6.45) is 5.57. The van der Waals surface area contributed by atoms with Crippen molar-refractivity contribution in [1.29, 1.82) is 0 Å². The number of nitrogens with zero attached hydrogens (tertiary/aromatic N) is 6. The molecule has 1 saturated carbocycles. The van der Waals surface area contributed by atoms with Crippen molar-refractivity contribution in [3.8, 4) is 0 Å². The van der Waals surface area contributed by atoms with Gasteiger partial charge in [-0.3, -0.25) is 9.30 Å². The largest absolute Gasteiger partial charge is 0.345 e. The highest BCUT2D eigenvalue weighted by Crippen LogP contribution is 2.34. The Labute approximate surface area is 151 Å². The molecule has 26 heavy (non-hydrogen) atoms. The Balaban J connectivity index is 1.54. The average molecular weight is 375 g/mol. The summed E-state index contributed by atoms with van der Waals surface area (Å²) in [5.41, 5.74) is 2.33. The molecule has 1 N–H and O–H groups in total. The van der Waals surface area contributed by atoms with Gasteiger partial charge < -0.3 is 4.98 Å². The van der Waals surface area contributed by atoms with Crippen LogP contribution in [0.25, 0.3) is 16.8 Å². The van der Waals surface area contributed by atoms with E-state index in [0.717, 1.165) is 36.4 Å². The Bertz CT molecular complexity index is 1070. The van der Waals surface area contributed by atoms with E-state index in [2.05, 4.69) is 25.1 Å². The van der Waals surface area contributed by atoms with Gasteiger partial charge in [0.25, 0.3) is 0 Å². The molecule has 1 atom stereocenters. The van der Waals surface area contributed by atoms with E-state index < -0.39 is 10.0 Å². The molecule has 5 rings (SSSR count). The van der Waals surface area contributed by atoms with Crippen LogP contribution in [-0.4, -0.2) is 67.7 Å². The SMILES string of the molecule is CCN1CN(S(=O)(=O)CC2CC2)C[C@H]1c1nnc2cnc3[nH]ccc3n12. The monoisotopic (exact) mass is 375 g/mol. The molecule has 0 spiro atoms. The summed E-state index contributed by atoms with van der Waals surface area (Å²) in [5.74, 6) is 1.37. The number of fused-ring (bicyclic) bond motifs is 3.